The van der Waals surface area contributed by atoms with E-state index in [9.17, 15) is 13.2 Å². The fourth-order valence-corrected chi connectivity index (χ4v) is 5.50. The molecule has 0 saturated carbocycles. The molecule has 178 valence electrons. The van der Waals surface area contributed by atoms with Crippen molar-refractivity contribution in [3.8, 4) is 23.0 Å². The second kappa shape index (κ2) is 9.88. The first-order chi connectivity index (χ1) is 15.9. The molecule has 1 fully saturated rings. The van der Waals surface area contributed by atoms with Gasteiger partial charge in [-0.2, -0.15) is 4.31 Å². The number of benzene rings is 2. The van der Waals surface area contributed by atoms with E-state index >= 15 is 0 Å². The standard InChI is InChI=1S/C23H28N2O7S/c1-29-18-4-3-17(21(13-18)30-2)15-24-23(26)16-7-9-25(10-8-16)33(27,28)19-5-6-20-22(14-19)32-12-11-31-20/h3-6,13-14,16H,7-12,15H2,1-2H3,(H,24,26). The minimum absolute atomic E-state index is 0.0933. The summed E-state index contributed by atoms with van der Waals surface area (Å²) in [5, 5.41) is 2.94. The molecular weight excluding hydrogens is 448 g/mol. The molecule has 2 aromatic rings. The molecule has 0 unspecified atom stereocenters. The number of hydrogen-bond acceptors (Lipinski definition) is 7. The number of methoxy groups -OCH3 is 2. The van der Waals surface area contributed by atoms with Gasteiger partial charge >= 0.3 is 0 Å². The van der Waals surface area contributed by atoms with Gasteiger partial charge in [-0.15, -0.1) is 0 Å². The molecule has 0 bridgehead atoms. The monoisotopic (exact) mass is 476 g/mol. The van der Waals surface area contributed by atoms with Gasteiger partial charge in [0, 0.05) is 43.2 Å². The lowest BCUT2D eigenvalue weighted by Gasteiger charge is -2.31. The van der Waals surface area contributed by atoms with Gasteiger partial charge in [0.15, 0.2) is 11.5 Å². The van der Waals surface area contributed by atoms with E-state index in [1.807, 2.05) is 12.1 Å². The van der Waals surface area contributed by atoms with Crippen molar-refractivity contribution in [1.82, 2.24) is 9.62 Å². The fraction of sp³-hybridized carbons (Fsp3) is 0.435. The molecule has 9 nitrogen and oxygen atoms in total. The van der Waals surface area contributed by atoms with Crippen LogP contribution >= 0.6 is 0 Å². The van der Waals surface area contributed by atoms with Gasteiger partial charge in [-0.25, -0.2) is 8.42 Å². The average Bonchev–Trinajstić information content (AvgIpc) is 2.86. The second-order valence-electron chi connectivity index (χ2n) is 7.88. The number of rotatable bonds is 7. The third kappa shape index (κ3) is 5.01. The molecule has 1 saturated heterocycles. The van der Waals surface area contributed by atoms with E-state index in [-0.39, 0.29) is 29.8 Å². The molecule has 0 radical (unpaired) electrons. The van der Waals surface area contributed by atoms with Crippen LogP contribution in [0.1, 0.15) is 18.4 Å². The van der Waals surface area contributed by atoms with Crippen LogP contribution in [0.5, 0.6) is 23.0 Å². The van der Waals surface area contributed by atoms with Gasteiger partial charge in [-0.1, -0.05) is 0 Å². The van der Waals surface area contributed by atoms with Crippen molar-refractivity contribution >= 4 is 15.9 Å². The van der Waals surface area contributed by atoms with Gasteiger partial charge in [0.1, 0.15) is 24.7 Å². The highest BCUT2D eigenvalue weighted by atomic mass is 32.2. The third-order valence-electron chi connectivity index (χ3n) is 5.92. The zero-order valence-corrected chi connectivity index (χ0v) is 19.5. The molecule has 0 atom stereocenters. The van der Waals surface area contributed by atoms with Crippen LogP contribution in [0.4, 0.5) is 0 Å². The summed E-state index contributed by atoms with van der Waals surface area (Å²) in [5.74, 6) is 1.95. The Bertz CT molecular complexity index is 1110. The largest absolute Gasteiger partial charge is 0.497 e. The Morgan fingerprint density at radius 2 is 1.76 bits per heavy atom. The predicted molar refractivity (Wildman–Crippen MR) is 120 cm³/mol. The zero-order chi connectivity index (χ0) is 23.4. The van der Waals surface area contributed by atoms with Crippen LogP contribution in [0.2, 0.25) is 0 Å². The number of carbonyl (C=O) groups is 1. The van der Waals surface area contributed by atoms with Crippen molar-refractivity contribution in [2.75, 3.05) is 40.5 Å². The van der Waals surface area contributed by atoms with Gasteiger partial charge < -0.3 is 24.3 Å². The van der Waals surface area contributed by atoms with E-state index in [0.717, 1.165) is 5.56 Å². The number of fused-ring (bicyclic) bond motifs is 1. The van der Waals surface area contributed by atoms with E-state index in [2.05, 4.69) is 5.32 Å². The Morgan fingerprint density at radius 3 is 2.45 bits per heavy atom. The Hall–Kier alpha value is -2.98. The molecule has 1 amide bonds. The van der Waals surface area contributed by atoms with Crippen LogP contribution in [0, 0.1) is 5.92 Å². The maximum atomic E-state index is 13.1. The van der Waals surface area contributed by atoms with Gasteiger partial charge in [0.05, 0.1) is 19.1 Å². The number of piperidine rings is 1. The SMILES string of the molecule is COc1ccc(CNC(=O)C2CCN(S(=O)(=O)c3ccc4c(c3)OCCO4)CC2)c(OC)c1. The summed E-state index contributed by atoms with van der Waals surface area (Å²) in [6.07, 6.45) is 0.907. The van der Waals surface area contributed by atoms with E-state index in [4.69, 9.17) is 18.9 Å². The first-order valence-electron chi connectivity index (χ1n) is 10.8. The quantitative estimate of drug-likeness (QED) is 0.653. The molecule has 2 aromatic carbocycles. The Kier molecular flexibility index (Phi) is 6.94. The van der Waals surface area contributed by atoms with Crippen LogP contribution in [0.25, 0.3) is 0 Å². The molecular formula is C23H28N2O7S. The predicted octanol–water partition coefficient (Wildman–Crippen LogP) is 2.19. The molecule has 0 aromatic heterocycles. The van der Waals surface area contributed by atoms with Crippen molar-refractivity contribution in [2.45, 2.75) is 24.3 Å². The van der Waals surface area contributed by atoms with Crippen molar-refractivity contribution in [1.29, 1.82) is 0 Å². The van der Waals surface area contributed by atoms with Crippen molar-refractivity contribution < 1.29 is 32.2 Å². The zero-order valence-electron chi connectivity index (χ0n) is 18.7. The molecule has 4 rings (SSSR count). The summed E-state index contributed by atoms with van der Waals surface area (Å²) in [5.41, 5.74) is 0.838. The first-order valence-corrected chi connectivity index (χ1v) is 12.2. The van der Waals surface area contributed by atoms with Crippen molar-refractivity contribution in [3.63, 3.8) is 0 Å². The Labute approximate surface area is 193 Å². The lowest BCUT2D eigenvalue weighted by Crippen LogP contribution is -2.42. The van der Waals surface area contributed by atoms with Gasteiger partial charge in [-0.05, 0) is 37.1 Å². The minimum Gasteiger partial charge on any atom is -0.497 e. The number of nitrogens with one attached hydrogen (secondary N) is 1. The summed E-state index contributed by atoms with van der Waals surface area (Å²) < 4.78 is 49.1. The number of carbonyl (C=O) groups excluding carboxylic acids is 1. The van der Waals surface area contributed by atoms with Crippen LogP contribution in [0.3, 0.4) is 0 Å². The molecule has 0 aliphatic carbocycles. The summed E-state index contributed by atoms with van der Waals surface area (Å²) in [6, 6.07) is 10.1. The Balaban J connectivity index is 1.34. The van der Waals surface area contributed by atoms with Crippen LogP contribution in [-0.2, 0) is 21.4 Å². The average molecular weight is 477 g/mol. The number of nitrogens with zero attached hydrogens (tertiary/aromatic N) is 1. The summed E-state index contributed by atoms with van der Waals surface area (Å²) in [4.78, 5) is 12.9. The molecule has 1 N–H and O–H groups in total. The molecule has 2 heterocycles. The van der Waals surface area contributed by atoms with Gasteiger partial charge in [-0.3, -0.25) is 4.79 Å². The number of sulfonamides is 1. The van der Waals surface area contributed by atoms with E-state index in [1.54, 1.807) is 26.4 Å². The summed E-state index contributed by atoms with van der Waals surface area (Å²) in [7, 11) is -0.531. The lowest BCUT2D eigenvalue weighted by molar-refractivity contribution is -0.126. The highest BCUT2D eigenvalue weighted by Crippen LogP contribution is 2.34. The normalized spacial score (nSPS) is 16.8. The summed E-state index contributed by atoms with van der Waals surface area (Å²) >= 11 is 0. The molecule has 2 aliphatic heterocycles. The molecule has 0 spiro atoms. The van der Waals surface area contributed by atoms with Crippen molar-refractivity contribution in [2.24, 2.45) is 5.92 Å². The fourth-order valence-electron chi connectivity index (χ4n) is 4.02. The lowest BCUT2D eigenvalue weighted by atomic mass is 9.97. The molecule has 10 heteroatoms. The highest BCUT2D eigenvalue weighted by molar-refractivity contribution is 7.89. The highest BCUT2D eigenvalue weighted by Gasteiger charge is 2.32. The van der Waals surface area contributed by atoms with E-state index in [1.165, 1.54) is 16.4 Å². The second-order valence-corrected chi connectivity index (χ2v) is 9.82. The van der Waals surface area contributed by atoms with Gasteiger partial charge in [0.2, 0.25) is 15.9 Å². The smallest absolute Gasteiger partial charge is 0.243 e. The summed E-state index contributed by atoms with van der Waals surface area (Å²) in [6.45, 7) is 1.71. The maximum absolute atomic E-state index is 13.1. The van der Waals surface area contributed by atoms with Crippen LogP contribution in [0.15, 0.2) is 41.3 Å². The number of hydrogen-bond donors (Lipinski definition) is 1. The van der Waals surface area contributed by atoms with Crippen LogP contribution < -0.4 is 24.3 Å². The van der Waals surface area contributed by atoms with Crippen molar-refractivity contribution in [3.05, 3.63) is 42.0 Å². The van der Waals surface area contributed by atoms with Crippen LogP contribution in [-0.4, -0.2) is 59.2 Å². The topological polar surface area (TPSA) is 103 Å². The number of ether oxygens (including phenoxy) is 4. The first kappa shape index (κ1) is 23.2. The molecule has 33 heavy (non-hydrogen) atoms. The third-order valence-corrected chi connectivity index (χ3v) is 7.82. The molecule has 2 aliphatic rings. The van der Waals surface area contributed by atoms with Gasteiger partial charge in [0.25, 0.3) is 0 Å². The van der Waals surface area contributed by atoms with E-state index < -0.39 is 10.0 Å². The minimum atomic E-state index is -3.68. The number of amides is 1. The van der Waals surface area contributed by atoms with E-state index in [0.29, 0.717) is 55.6 Å². The Morgan fingerprint density at radius 1 is 1.03 bits per heavy atom. The maximum Gasteiger partial charge on any atom is 0.243 e.